The zero-order chi connectivity index (χ0) is 12.9. The monoisotopic (exact) mass is 242 g/mol. The third-order valence-electron chi connectivity index (χ3n) is 3.67. The molecule has 1 aliphatic heterocycles. The minimum Gasteiger partial charge on any atom is -0.395 e. The summed E-state index contributed by atoms with van der Waals surface area (Å²) in [6, 6.07) is 0.166. The Hall–Kier alpha value is -0.610. The molecule has 1 fully saturated rings. The quantitative estimate of drug-likeness (QED) is 0.760. The minimum atomic E-state index is -0.137. The topological polar surface area (TPSA) is 52.6 Å². The third-order valence-corrected chi connectivity index (χ3v) is 3.67. The van der Waals surface area contributed by atoms with E-state index in [1.807, 2.05) is 13.8 Å². The van der Waals surface area contributed by atoms with E-state index >= 15 is 0 Å². The third kappa shape index (κ3) is 4.64. The molecule has 0 saturated carbocycles. The molecular formula is C13H26N2O2. The SMILES string of the molecule is CCC(C)(C)NC(=O)CN1CCCCC1CO. The molecule has 1 amide bonds. The molecule has 0 aromatic heterocycles. The van der Waals surface area contributed by atoms with Crippen LogP contribution in [0.5, 0.6) is 0 Å². The largest absolute Gasteiger partial charge is 0.395 e. The van der Waals surface area contributed by atoms with E-state index in [0.717, 1.165) is 32.2 Å². The van der Waals surface area contributed by atoms with Crippen LogP contribution in [0.15, 0.2) is 0 Å². The zero-order valence-electron chi connectivity index (χ0n) is 11.3. The number of hydrogen-bond donors (Lipinski definition) is 2. The van der Waals surface area contributed by atoms with Gasteiger partial charge < -0.3 is 10.4 Å². The second-order valence-electron chi connectivity index (χ2n) is 5.59. The predicted molar refractivity (Wildman–Crippen MR) is 68.8 cm³/mol. The summed E-state index contributed by atoms with van der Waals surface area (Å²) in [6.45, 7) is 7.62. The summed E-state index contributed by atoms with van der Waals surface area (Å²) in [4.78, 5) is 14.0. The molecule has 0 aromatic rings. The zero-order valence-corrected chi connectivity index (χ0v) is 11.3. The Bertz CT molecular complexity index is 254. The fourth-order valence-electron chi connectivity index (χ4n) is 2.16. The number of nitrogens with one attached hydrogen (secondary N) is 1. The summed E-state index contributed by atoms with van der Waals surface area (Å²) < 4.78 is 0. The molecule has 0 aliphatic carbocycles. The average Bonchev–Trinajstić information content (AvgIpc) is 2.29. The van der Waals surface area contributed by atoms with Gasteiger partial charge in [0.2, 0.25) is 5.91 Å². The van der Waals surface area contributed by atoms with Crippen molar-refractivity contribution in [1.82, 2.24) is 10.2 Å². The predicted octanol–water partition coefficient (Wildman–Crippen LogP) is 1.14. The Balaban J connectivity index is 2.44. The van der Waals surface area contributed by atoms with Gasteiger partial charge in [-0.3, -0.25) is 9.69 Å². The van der Waals surface area contributed by atoms with E-state index in [1.165, 1.54) is 0 Å². The van der Waals surface area contributed by atoms with Crippen LogP contribution >= 0.6 is 0 Å². The highest BCUT2D eigenvalue weighted by molar-refractivity contribution is 5.78. The molecular weight excluding hydrogens is 216 g/mol. The number of carbonyl (C=O) groups excluding carboxylic acids is 1. The number of aliphatic hydroxyl groups is 1. The molecule has 0 bridgehead atoms. The molecule has 17 heavy (non-hydrogen) atoms. The first-order valence-corrected chi connectivity index (χ1v) is 6.64. The van der Waals surface area contributed by atoms with E-state index in [0.29, 0.717) is 6.54 Å². The van der Waals surface area contributed by atoms with Crippen LogP contribution in [0.4, 0.5) is 0 Å². The van der Waals surface area contributed by atoms with Crippen LogP contribution in [0.2, 0.25) is 0 Å². The van der Waals surface area contributed by atoms with Crippen LogP contribution in [-0.2, 0) is 4.79 Å². The van der Waals surface area contributed by atoms with Crippen molar-refractivity contribution in [2.45, 2.75) is 58.0 Å². The summed E-state index contributed by atoms with van der Waals surface area (Å²) in [7, 11) is 0. The van der Waals surface area contributed by atoms with Gasteiger partial charge in [-0.15, -0.1) is 0 Å². The van der Waals surface area contributed by atoms with E-state index < -0.39 is 0 Å². The van der Waals surface area contributed by atoms with Crippen LogP contribution in [0, 0.1) is 0 Å². The lowest BCUT2D eigenvalue weighted by Gasteiger charge is -2.35. The maximum absolute atomic E-state index is 11.9. The van der Waals surface area contributed by atoms with E-state index in [1.54, 1.807) is 0 Å². The van der Waals surface area contributed by atoms with Crippen LogP contribution in [0.3, 0.4) is 0 Å². The van der Waals surface area contributed by atoms with Crippen molar-refractivity contribution >= 4 is 5.91 Å². The van der Waals surface area contributed by atoms with Gasteiger partial charge in [-0.2, -0.15) is 0 Å². The van der Waals surface area contributed by atoms with E-state index in [-0.39, 0.29) is 24.1 Å². The van der Waals surface area contributed by atoms with Crippen LogP contribution in [0.1, 0.15) is 46.5 Å². The van der Waals surface area contributed by atoms with Crippen molar-refractivity contribution < 1.29 is 9.90 Å². The van der Waals surface area contributed by atoms with Crippen molar-refractivity contribution in [2.75, 3.05) is 19.7 Å². The molecule has 0 spiro atoms. The first-order chi connectivity index (χ1) is 7.98. The number of rotatable bonds is 5. The van der Waals surface area contributed by atoms with Gasteiger partial charge in [0.15, 0.2) is 0 Å². The maximum atomic E-state index is 11.9. The lowest BCUT2D eigenvalue weighted by atomic mass is 10.0. The summed E-state index contributed by atoms with van der Waals surface area (Å²) in [6.07, 6.45) is 4.20. The summed E-state index contributed by atoms with van der Waals surface area (Å²) in [5.74, 6) is 0.0669. The molecule has 4 nitrogen and oxygen atoms in total. The number of amides is 1. The van der Waals surface area contributed by atoms with Crippen molar-refractivity contribution in [3.8, 4) is 0 Å². The molecule has 1 unspecified atom stereocenters. The first kappa shape index (κ1) is 14.5. The molecule has 0 aromatic carbocycles. The standard InChI is InChI=1S/C13H26N2O2/c1-4-13(2,3)14-12(17)9-15-8-6-5-7-11(15)10-16/h11,16H,4-10H2,1-3H3,(H,14,17). The molecule has 1 atom stereocenters. The fourth-order valence-corrected chi connectivity index (χ4v) is 2.16. The van der Waals surface area contributed by atoms with Crippen LogP contribution in [-0.4, -0.2) is 47.2 Å². The fraction of sp³-hybridized carbons (Fsp3) is 0.923. The Morgan fingerprint density at radius 1 is 1.47 bits per heavy atom. The number of hydrogen-bond acceptors (Lipinski definition) is 3. The summed E-state index contributed by atoms with van der Waals surface area (Å²) in [5.41, 5.74) is -0.137. The van der Waals surface area contributed by atoms with E-state index in [2.05, 4.69) is 17.1 Å². The van der Waals surface area contributed by atoms with Gasteiger partial charge in [0.1, 0.15) is 0 Å². The Labute approximate surface area is 104 Å². The van der Waals surface area contributed by atoms with Crippen molar-refractivity contribution in [3.63, 3.8) is 0 Å². The smallest absolute Gasteiger partial charge is 0.234 e. The van der Waals surface area contributed by atoms with Gasteiger partial charge in [0.05, 0.1) is 13.2 Å². The molecule has 1 heterocycles. The highest BCUT2D eigenvalue weighted by Crippen LogP contribution is 2.16. The average molecular weight is 242 g/mol. The molecule has 0 radical (unpaired) electrons. The van der Waals surface area contributed by atoms with Crippen molar-refractivity contribution in [2.24, 2.45) is 0 Å². The maximum Gasteiger partial charge on any atom is 0.234 e. The van der Waals surface area contributed by atoms with E-state index in [9.17, 15) is 9.90 Å². The van der Waals surface area contributed by atoms with Gasteiger partial charge in [0, 0.05) is 11.6 Å². The lowest BCUT2D eigenvalue weighted by Crippen LogP contribution is -2.51. The Morgan fingerprint density at radius 3 is 2.76 bits per heavy atom. The van der Waals surface area contributed by atoms with Crippen molar-refractivity contribution in [3.05, 3.63) is 0 Å². The highest BCUT2D eigenvalue weighted by Gasteiger charge is 2.25. The van der Waals surface area contributed by atoms with Gasteiger partial charge in [-0.1, -0.05) is 13.3 Å². The summed E-state index contributed by atoms with van der Waals surface area (Å²) in [5, 5.41) is 12.3. The Kier molecular flexibility index (Phi) is 5.40. The van der Waals surface area contributed by atoms with Crippen LogP contribution in [0.25, 0.3) is 0 Å². The number of likely N-dealkylation sites (tertiary alicyclic amines) is 1. The number of piperidine rings is 1. The molecule has 100 valence electrons. The van der Waals surface area contributed by atoms with Gasteiger partial charge in [-0.25, -0.2) is 0 Å². The molecule has 1 saturated heterocycles. The first-order valence-electron chi connectivity index (χ1n) is 6.64. The van der Waals surface area contributed by atoms with Gasteiger partial charge >= 0.3 is 0 Å². The minimum absolute atomic E-state index is 0.0669. The van der Waals surface area contributed by atoms with Crippen LogP contribution < -0.4 is 5.32 Å². The normalized spacial score (nSPS) is 22.5. The van der Waals surface area contributed by atoms with Gasteiger partial charge in [0.25, 0.3) is 0 Å². The second-order valence-corrected chi connectivity index (χ2v) is 5.59. The van der Waals surface area contributed by atoms with E-state index in [4.69, 9.17) is 0 Å². The molecule has 1 aliphatic rings. The molecule has 1 rings (SSSR count). The number of nitrogens with zero attached hydrogens (tertiary/aromatic N) is 1. The number of carbonyl (C=O) groups is 1. The second kappa shape index (κ2) is 6.36. The van der Waals surface area contributed by atoms with Crippen molar-refractivity contribution in [1.29, 1.82) is 0 Å². The molecule has 2 N–H and O–H groups in total. The molecule has 4 heteroatoms. The highest BCUT2D eigenvalue weighted by atomic mass is 16.3. The lowest BCUT2D eigenvalue weighted by molar-refractivity contribution is -0.125. The Morgan fingerprint density at radius 2 is 2.18 bits per heavy atom. The van der Waals surface area contributed by atoms with Gasteiger partial charge in [-0.05, 0) is 39.7 Å². The number of aliphatic hydroxyl groups excluding tert-OH is 1. The summed E-state index contributed by atoms with van der Waals surface area (Å²) >= 11 is 0.